The number of rotatable bonds is 4. The minimum absolute atomic E-state index is 0.0352. The van der Waals surface area contributed by atoms with Gasteiger partial charge in [0.05, 0.1) is 18.4 Å². The Hall–Kier alpha value is -1.89. The first-order valence-electron chi connectivity index (χ1n) is 9.01. The van der Waals surface area contributed by atoms with Crippen molar-refractivity contribution in [1.29, 1.82) is 0 Å². The number of carbonyl (C=O) groups is 3. The second kappa shape index (κ2) is 8.20. The van der Waals surface area contributed by atoms with Crippen molar-refractivity contribution in [2.24, 2.45) is 11.8 Å². The fourth-order valence-corrected chi connectivity index (χ4v) is 3.90. The van der Waals surface area contributed by atoms with Crippen LogP contribution in [0.4, 0.5) is 5.69 Å². The van der Waals surface area contributed by atoms with Crippen LogP contribution in [0.3, 0.4) is 0 Å². The normalized spacial score (nSPS) is 23.2. The summed E-state index contributed by atoms with van der Waals surface area (Å²) in [6.07, 6.45) is 1.75. The number of anilines is 1. The molecule has 2 aliphatic heterocycles. The van der Waals surface area contributed by atoms with Gasteiger partial charge in [-0.05, 0) is 44.0 Å². The molecule has 0 N–H and O–H groups in total. The maximum Gasteiger partial charge on any atom is 0.310 e. The number of ether oxygens (including phenoxy) is 1. The molecule has 1 aromatic rings. The molecule has 2 heterocycles. The summed E-state index contributed by atoms with van der Waals surface area (Å²) in [5, 5.41) is 0. The molecular weight excluding hydrogens is 400 g/mol. The van der Waals surface area contributed by atoms with Gasteiger partial charge in [0.15, 0.2) is 0 Å². The number of hydrogen-bond acceptors (Lipinski definition) is 4. The quantitative estimate of drug-likeness (QED) is 0.699. The van der Waals surface area contributed by atoms with Crippen molar-refractivity contribution in [3.05, 3.63) is 28.7 Å². The second-order valence-corrected chi connectivity index (χ2v) is 7.67. The third-order valence-electron chi connectivity index (χ3n) is 4.97. The van der Waals surface area contributed by atoms with Crippen LogP contribution in [0.15, 0.2) is 28.7 Å². The van der Waals surface area contributed by atoms with Crippen LogP contribution in [0.25, 0.3) is 0 Å². The molecule has 1 aromatic carbocycles. The first-order chi connectivity index (χ1) is 12.5. The molecule has 3 rings (SSSR count). The number of hydrogen-bond donors (Lipinski definition) is 0. The lowest BCUT2D eigenvalue weighted by molar-refractivity contribution is -0.152. The number of esters is 1. The fraction of sp³-hybridized carbons (Fsp3) is 0.526. The van der Waals surface area contributed by atoms with Crippen molar-refractivity contribution in [2.75, 3.05) is 31.1 Å². The van der Waals surface area contributed by atoms with Gasteiger partial charge in [-0.25, -0.2) is 0 Å². The van der Waals surface area contributed by atoms with E-state index in [4.69, 9.17) is 4.74 Å². The Labute approximate surface area is 161 Å². The summed E-state index contributed by atoms with van der Waals surface area (Å²) in [7, 11) is 0. The molecule has 0 spiro atoms. The van der Waals surface area contributed by atoms with Gasteiger partial charge < -0.3 is 14.5 Å². The molecule has 26 heavy (non-hydrogen) atoms. The van der Waals surface area contributed by atoms with Crippen molar-refractivity contribution < 1.29 is 19.1 Å². The predicted octanol–water partition coefficient (Wildman–Crippen LogP) is 2.60. The maximum absolute atomic E-state index is 12.9. The minimum Gasteiger partial charge on any atom is -0.466 e. The summed E-state index contributed by atoms with van der Waals surface area (Å²) >= 11 is 3.38. The van der Waals surface area contributed by atoms with Crippen LogP contribution < -0.4 is 4.90 Å². The molecule has 7 heteroatoms. The van der Waals surface area contributed by atoms with Gasteiger partial charge in [-0.1, -0.05) is 15.9 Å². The van der Waals surface area contributed by atoms with E-state index in [1.807, 2.05) is 24.3 Å². The first-order valence-corrected chi connectivity index (χ1v) is 9.80. The maximum atomic E-state index is 12.9. The Bertz CT molecular complexity index is 691. The monoisotopic (exact) mass is 422 g/mol. The highest BCUT2D eigenvalue weighted by atomic mass is 79.9. The number of nitrogens with zero attached hydrogens (tertiary/aromatic N) is 2. The van der Waals surface area contributed by atoms with Crippen LogP contribution in [-0.4, -0.2) is 48.9 Å². The zero-order chi connectivity index (χ0) is 18.7. The van der Waals surface area contributed by atoms with Crippen LogP contribution in [0, 0.1) is 11.8 Å². The van der Waals surface area contributed by atoms with Gasteiger partial charge >= 0.3 is 5.97 Å². The number of piperidine rings is 1. The van der Waals surface area contributed by atoms with Crippen LogP contribution in [-0.2, 0) is 19.1 Å². The third-order valence-corrected chi connectivity index (χ3v) is 5.49. The standard InChI is InChI=1S/C19H23BrN2O4/c1-2-26-19(25)13-4-3-9-21(11-13)18(24)14-10-17(23)22(12-14)16-7-5-15(20)6-8-16/h5-8,13-14H,2-4,9-12H2,1H3. The van der Waals surface area contributed by atoms with Gasteiger partial charge in [-0.3, -0.25) is 14.4 Å². The van der Waals surface area contributed by atoms with E-state index in [1.165, 1.54) is 0 Å². The average Bonchev–Trinajstić information content (AvgIpc) is 3.04. The van der Waals surface area contributed by atoms with E-state index >= 15 is 0 Å². The Balaban J connectivity index is 1.64. The van der Waals surface area contributed by atoms with E-state index in [1.54, 1.807) is 16.7 Å². The predicted molar refractivity (Wildman–Crippen MR) is 101 cm³/mol. The molecule has 2 aliphatic rings. The van der Waals surface area contributed by atoms with E-state index in [-0.39, 0.29) is 36.0 Å². The molecule has 0 aromatic heterocycles. The zero-order valence-corrected chi connectivity index (χ0v) is 16.4. The van der Waals surface area contributed by atoms with Crippen molar-refractivity contribution in [1.82, 2.24) is 4.90 Å². The molecular formula is C19H23BrN2O4. The highest BCUT2D eigenvalue weighted by molar-refractivity contribution is 9.10. The highest BCUT2D eigenvalue weighted by Gasteiger charge is 2.39. The SMILES string of the molecule is CCOC(=O)C1CCCN(C(=O)C2CC(=O)N(c3ccc(Br)cc3)C2)C1. The largest absolute Gasteiger partial charge is 0.466 e. The lowest BCUT2D eigenvalue weighted by atomic mass is 9.96. The molecule has 2 saturated heterocycles. The second-order valence-electron chi connectivity index (χ2n) is 6.76. The van der Waals surface area contributed by atoms with E-state index in [0.29, 0.717) is 26.2 Å². The van der Waals surface area contributed by atoms with Crippen molar-refractivity contribution in [3.8, 4) is 0 Å². The summed E-state index contributed by atoms with van der Waals surface area (Å²) in [4.78, 5) is 40.7. The van der Waals surface area contributed by atoms with Gasteiger partial charge in [-0.15, -0.1) is 0 Å². The summed E-state index contributed by atoms with van der Waals surface area (Å²) in [5.41, 5.74) is 0.802. The van der Waals surface area contributed by atoms with E-state index < -0.39 is 0 Å². The van der Waals surface area contributed by atoms with Crippen LogP contribution >= 0.6 is 15.9 Å². The Morgan fingerprint density at radius 1 is 1.19 bits per heavy atom. The molecule has 2 fully saturated rings. The molecule has 0 saturated carbocycles. The first kappa shape index (κ1) is 18.9. The highest BCUT2D eigenvalue weighted by Crippen LogP contribution is 2.29. The summed E-state index contributed by atoms with van der Waals surface area (Å²) in [5.74, 6) is -0.917. The van der Waals surface area contributed by atoms with Gasteiger partial charge in [0.2, 0.25) is 11.8 Å². The molecule has 6 nitrogen and oxygen atoms in total. The van der Waals surface area contributed by atoms with E-state index in [9.17, 15) is 14.4 Å². The van der Waals surface area contributed by atoms with Crippen molar-refractivity contribution >= 4 is 39.4 Å². The van der Waals surface area contributed by atoms with Crippen LogP contribution in [0.5, 0.6) is 0 Å². The van der Waals surface area contributed by atoms with Gasteiger partial charge in [0.1, 0.15) is 0 Å². The lowest BCUT2D eigenvalue weighted by Gasteiger charge is -2.33. The number of benzene rings is 1. The topological polar surface area (TPSA) is 66.9 Å². The molecule has 140 valence electrons. The molecule has 2 unspecified atom stereocenters. The smallest absolute Gasteiger partial charge is 0.310 e. The van der Waals surface area contributed by atoms with Crippen LogP contribution in [0.1, 0.15) is 26.2 Å². The minimum atomic E-state index is -0.355. The number of carbonyl (C=O) groups excluding carboxylic acids is 3. The molecule has 0 bridgehead atoms. The van der Waals surface area contributed by atoms with Crippen LogP contribution in [0.2, 0.25) is 0 Å². The number of likely N-dealkylation sites (tertiary alicyclic amines) is 1. The van der Waals surface area contributed by atoms with Crippen molar-refractivity contribution in [2.45, 2.75) is 26.2 Å². The number of halogens is 1. The fourth-order valence-electron chi connectivity index (χ4n) is 3.63. The number of amides is 2. The Morgan fingerprint density at radius 3 is 2.62 bits per heavy atom. The molecule has 2 atom stereocenters. The average molecular weight is 423 g/mol. The third kappa shape index (κ3) is 4.09. The van der Waals surface area contributed by atoms with Gasteiger partial charge in [0, 0.05) is 36.2 Å². The molecule has 0 radical (unpaired) electrons. The van der Waals surface area contributed by atoms with E-state index in [2.05, 4.69) is 15.9 Å². The summed E-state index contributed by atoms with van der Waals surface area (Å²) in [6, 6.07) is 7.50. The molecule has 0 aliphatic carbocycles. The summed E-state index contributed by atoms with van der Waals surface area (Å²) < 4.78 is 6.04. The summed E-state index contributed by atoms with van der Waals surface area (Å²) in [6.45, 7) is 3.55. The van der Waals surface area contributed by atoms with E-state index in [0.717, 1.165) is 23.0 Å². The van der Waals surface area contributed by atoms with Gasteiger partial charge in [0.25, 0.3) is 0 Å². The Morgan fingerprint density at radius 2 is 1.92 bits per heavy atom. The van der Waals surface area contributed by atoms with Gasteiger partial charge in [-0.2, -0.15) is 0 Å². The zero-order valence-electron chi connectivity index (χ0n) is 14.8. The van der Waals surface area contributed by atoms with Crippen molar-refractivity contribution in [3.63, 3.8) is 0 Å². The Kier molecular flexibility index (Phi) is 5.96. The molecule has 2 amide bonds. The lowest BCUT2D eigenvalue weighted by Crippen LogP contribution is -2.45.